The summed E-state index contributed by atoms with van der Waals surface area (Å²) in [4.78, 5) is 59.9. The lowest BCUT2D eigenvalue weighted by Crippen LogP contribution is -2.51. The van der Waals surface area contributed by atoms with Crippen molar-refractivity contribution < 1.29 is 67.8 Å². The smallest absolute Gasteiger partial charge is 0.262 e. The van der Waals surface area contributed by atoms with E-state index in [4.69, 9.17) is 30.5 Å². The number of thioether (sulfide) groups is 1. The molecule has 3 amide bonds. The number of anilines is 5. The number of hydrogen-bond acceptors (Lipinski definition) is 21. The maximum Gasteiger partial charge on any atom is 0.262 e. The van der Waals surface area contributed by atoms with Gasteiger partial charge in [0.05, 0.1) is 96.1 Å². The van der Waals surface area contributed by atoms with E-state index >= 15 is 4.39 Å². The number of halogens is 2. The van der Waals surface area contributed by atoms with Gasteiger partial charge in [0.25, 0.3) is 21.8 Å². The Morgan fingerprint density at radius 3 is 2.02 bits per heavy atom. The number of hydrogen-bond donors (Lipinski definition) is 5. The lowest BCUT2D eigenvalue weighted by molar-refractivity contribution is -0.125. The molecule has 2 atom stereocenters. The van der Waals surface area contributed by atoms with Crippen LogP contribution in [0.15, 0.2) is 165 Å². The number of unbranched alkanes of at least 4 members (excludes halogenated alkanes) is 2. The number of rotatable bonds is 41. The van der Waals surface area contributed by atoms with Gasteiger partial charge in [-0.05, 0) is 187 Å². The molecule has 0 aliphatic carbocycles. The van der Waals surface area contributed by atoms with Crippen LogP contribution in [0.1, 0.15) is 104 Å². The molecule has 5 heterocycles. The number of allylic oxidation sites excluding steroid dienone is 1. The van der Waals surface area contributed by atoms with Crippen LogP contribution in [0.2, 0.25) is 5.02 Å². The van der Waals surface area contributed by atoms with Crippen LogP contribution < -0.4 is 35.8 Å². The average molecular weight is 1630 g/mol. The number of nitrogens with zero attached hydrogens (tertiary/aromatic N) is 5. The number of carbonyl (C=O) groups is 4. The van der Waals surface area contributed by atoms with Gasteiger partial charge in [0.2, 0.25) is 5.91 Å². The lowest BCUT2D eigenvalue weighted by atomic mass is 9.99. The Morgan fingerprint density at radius 1 is 0.688 bits per heavy atom. The summed E-state index contributed by atoms with van der Waals surface area (Å²) in [6.45, 7) is 18.9. The topological polar surface area (TPSA) is 286 Å². The minimum atomic E-state index is -4.28. The number of aromatic nitrogens is 1. The molecule has 4 aliphatic heterocycles. The fourth-order valence-electron chi connectivity index (χ4n) is 14.7. The van der Waals surface area contributed by atoms with Crippen molar-refractivity contribution in [1.82, 2.24) is 25.0 Å². The van der Waals surface area contributed by atoms with Gasteiger partial charge in [0.15, 0.2) is 25.5 Å². The maximum absolute atomic E-state index is 15.9. The van der Waals surface area contributed by atoms with E-state index in [0.29, 0.717) is 161 Å². The summed E-state index contributed by atoms with van der Waals surface area (Å²) in [6.07, 6.45) is 8.52. The predicted molar refractivity (Wildman–Crippen MR) is 439 cm³/mol. The van der Waals surface area contributed by atoms with Crippen molar-refractivity contribution >= 4 is 105 Å². The number of piperazine rings is 1. The number of ether oxygens (including phenoxy) is 4. The summed E-state index contributed by atoms with van der Waals surface area (Å²) in [5.74, 6) is -1.30. The zero-order valence-electron chi connectivity index (χ0n) is 64.2. The number of benzene rings is 6. The van der Waals surface area contributed by atoms with E-state index in [1.54, 1.807) is 61.2 Å². The number of amides is 3. The van der Waals surface area contributed by atoms with E-state index in [1.165, 1.54) is 36.6 Å². The van der Waals surface area contributed by atoms with E-state index in [-0.39, 0.29) is 62.0 Å². The highest BCUT2D eigenvalue weighted by Crippen LogP contribution is 2.45. The van der Waals surface area contributed by atoms with Crippen LogP contribution in [0, 0.1) is 12.7 Å². The number of sulfone groups is 2. The fourth-order valence-corrected chi connectivity index (χ4v) is 19.0. The van der Waals surface area contributed by atoms with Crippen LogP contribution in [0.3, 0.4) is 0 Å². The van der Waals surface area contributed by atoms with Gasteiger partial charge in [-0.1, -0.05) is 54.9 Å². The Labute approximate surface area is 666 Å². The van der Waals surface area contributed by atoms with Crippen molar-refractivity contribution in [2.45, 2.75) is 122 Å². The molecule has 602 valence electrons. The first kappa shape index (κ1) is 84.7. The zero-order valence-corrected chi connectivity index (χ0v) is 68.2. The van der Waals surface area contributed by atoms with Crippen LogP contribution >= 0.6 is 23.4 Å². The third-order valence-electron chi connectivity index (χ3n) is 20.3. The molecular weight excluding hydrogens is 1530 g/mol. The average Bonchev–Trinajstić information content (AvgIpc) is 1.65. The molecule has 11 rings (SSSR count). The van der Waals surface area contributed by atoms with E-state index in [1.807, 2.05) is 79.1 Å². The summed E-state index contributed by atoms with van der Waals surface area (Å²) < 4.78 is 126. The first-order chi connectivity index (χ1) is 53.7. The summed E-state index contributed by atoms with van der Waals surface area (Å²) in [5.41, 5.74) is 6.41. The summed E-state index contributed by atoms with van der Waals surface area (Å²) in [5, 5.41) is 13.1. The van der Waals surface area contributed by atoms with E-state index in [2.05, 4.69) is 47.3 Å². The number of Topliss-reactive ketones (excluding diaryl/α,β-unsaturated/α-hetero) is 1. The van der Waals surface area contributed by atoms with Crippen LogP contribution in [-0.4, -0.2) is 211 Å². The SMILES string of the molecule is C=C1CCC(N2C(=O)c3ccc(NCC(=O)CCCCCNCCOCCOCCOCCOC4CCN(CC[C@H](CSc5ccccc5)Nc5ccc(S(=O)(=O)Nc6ccc(N7CCN(c8cc(F)cc(-c9c(S(C)(=O)=O)c(C)n(C(C)C)c9-c9ccc(Cl)cc9)c8)CC7)cc6)cc5S(C)(=O)=O)CC4)cc3C2=O)C(=O)N1. The molecule has 1 aromatic heterocycles. The highest BCUT2D eigenvalue weighted by molar-refractivity contribution is 7.99. The van der Waals surface area contributed by atoms with Crippen LogP contribution in [-0.2, 0) is 58.2 Å². The number of carbonyl (C=O) groups excluding carboxylic acids is 4. The van der Waals surface area contributed by atoms with Crippen LogP contribution in [0.25, 0.3) is 22.4 Å². The molecule has 4 aliphatic rings. The number of piperidine rings is 2. The molecule has 3 fully saturated rings. The van der Waals surface area contributed by atoms with Crippen LogP contribution in [0.5, 0.6) is 0 Å². The molecule has 24 nitrogen and oxygen atoms in total. The minimum Gasteiger partial charge on any atom is -0.380 e. The summed E-state index contributed by atoms with van der Waals surface area (Å²) in [6, 6.07) is 36.5. The third-order valence-corrected chi connectivity index (χ3v) is 25.5. The Morgan fingerprint density at radius 2 is 1.35 bits per heavy atom. The Bertz CT molecular complexity index is 4810. The van der Waals surface area contributed by atoms with Gasteiger partial charge in [-0.25, -0.2) is 29.6 Å². The number of ketones is 1. The zero-order chi connectivity index (χ0) is 79.7. The summed E-state index contributed by atoms with van der Waals surface area (Å²) in [7, 11) is -12.0. The summed E-state index contributed by atoms with van der Waals surface area (Å²) >= 11 is 7.95. The Balaban J connectivity index is 0.558. The van der Waals surface area contributed by atoms with Crippen molar-refractivity contribution in [3.05, 3.63) is 173 Å². The minimum absolute atomic E-state index is 0.0409. The number of fused-ring (bicyclic) bond motifs is 1. The normalized spacial score (nSPS) is 16.3. The van der Waals surface area contributed by atoms with Gasteiger partial charge in [-0.2, -0.15) is 0 Å². The fraction of sp³-hybridized carbons (Fsp3) is 0.439. The molecule has 7 aromatic rings. The van der Waals surface area contributed by atoms with Crippen LogP contribution in [0.4, 0.5) is 32.8 Å². The van der Waals surface area contributed by atoms with E-state index in [0.717, 1.165) is 85.6 Å². The van der Waals surface area contributed by atoms with Gasteiger partial charge < -0.3 is 59.5 Å². The highest BCUT2D eigenvalue weighted by atomic mass is 35.5. The predicted octanol–water partition coefficient (Wildman–Crippen LogP) is 12.2. The molecule has 112 heavy (non-hydrogen) atoms. The molecule has 0 spiro atoms. The van der Waals surface area contributed by atoms with Gasteiger partial charge in [0.1, 0.15) is 11.9 Å². The van der Waals surface area contributed by atoms with Crippen molar-refractivity contribution in [1.29, 1.82) is 0 Å². The standard InChI is InChI=1S/C82H102ClFN10O14S4/c1-56(2)93-58(4)79(111(6,101)102)77(78(93)59-17-19-61(83)20-18-59)60-49-62(84)51-67(50-60)92-40-38-91(39-41-92)66-24-21-63(22-25-66)89-112(103,104)71-26-28-74(76(53-71)110(5,99)100)88-65(55-109-70-14-10-7-11-15-70)30-35-90-36-31-69(32-37-90)108-48-47-107-46-45-106-44-43-105-42-34-85-33-12-8-9-13-68(95)54-86-64-23-27-72-73(52-64)82(98)94(81(72)97)75-29-16-57(3)87-80(75)96/h7,10-11,14-15,17-28,49-53,56,65,69,75,85-86,88-89H,3,8-9,12-13,16,29-48,54-55H2,1-2,4-6H3,(H,87,96)/t65-,75?/m1/s1. The van der Waals surface area contributed by atoms with Gasteiger partial charge in [-0.15, -0.1) is 11.8 Å². The number of nitrogens with one attached hydrogen (secondary N) is 5. The molecule has 30 heteroatoms. The largest absolute Gasteiger partial charge is 0.380 e. The molecule has 0 radical (unpaired) electrons. The third kappa shape index (κ3) is 22.6. The van der Waals surface area contributed by atoms with Crippen molar-refractivity contribution in [2.24, 2.45) is 0 Å². The second-order valence-electron chi connectivity index (χ2n) is 29.0. The van der Waals surface area contributed by atoms with Crippen molar-refractivity contribution in [3.8, 4) is 22.4 Å². The van der Waals surface area contributed by atoms with E-state index < -0.39 is 59.3 Å². The van der Waals surface area contributed by atoms with E-state index in [9.17, 15) is 44.4 Å². The van der Waals surface area contributed by atoms with Gasteiger partial charge in [0, 0.05) is 139 Å². The maximum atomic E-state index is 15.9. The number of likely N-dealkylation sites (tertiary alicyclic amines) is 1. The second kappa shape index (κ2) is 39.2. The monoisotopic (exact) mass is 1630 g/mol. The van der Waals surface area contributed by atoms with Gasteiger partial charge in [-0.3, -0.25) is 28.8 Å². The van der Waals surface area contributed by atoms with Crippen molar-refractivity contribution in [2.75, 3.05) is 155 Å². The molecule has 0 saturated carbocycles. The van der Waals surface area contributed by atoms with Gasteiger partial charge >= 0.3 is 0 Å². The number of imide groups is 1. The quantitative estimate of drug-likeness (QED) is 0.0135. The Hall–Kier alpha value is -8.20. The Kier molecular flexibility index (Phi) is 29.7. The molecule has 1 unspecified atom stereocenters. The highest BCUT2D eigenvalue weighted by Gasteiger charge is 2.44. The first-order valence-corrected chi connectivity index (χ1v) is 44.8. The lowest BCUT2D eigenvalue weighted by Gasteiger charge is -2.37. The first-order valence-electron chi connectivity index (χ1n) is 38.2. The molecule has 0 bridgehead atoms. The molecule has 5 N–H and O–H groups in total. The molecular formula is C82H102ClFN10O14S4. The molecule has 3 saturated heterocycles. The second-order valence-corrected chi connectivity index (χ2v) is 36.1. The number of sulfonamides is 1. The molecule has 6 aromatic carbocycles. The van der Waals surface area contributed by atoms with Crippen molar-refractivity contribution in [3.63, 3.8) is 0 Å².